The summed E-state index contributed by atoms with van der Waals surface area (Å²) in [5, 5.41) is 22.4. The third kappa shape index (κ3) is 4.12. The van der Waals surface area contributed by atoms with Gasteiger partial charge in [-0.1, -0.05) is 0 Å². The number of carboxylic acid groups (broad SMARTS) is 1. The summed E-state index contributed by atoms with van der Waals surface area (Å²) in [6.45, 7) is 0. The van der Waals surface area contributed by atoms with Crippen LogP contribution in [0.1, 0.15) is 31.2 Å². The van der Waals surface area contributed by atoms with Gasteiger partial charge in [-0.3, -0.25) is 14.9 Å². The first-order valence-electron chi connectivity index (χ1n) is 6.90. The molecule has 0 bridgehead atoms. The molecule has 2 N–H and O–H groups in total. The van der Waals surface area contributed by atoms with Gasteiger partial charge < -0.3 is 10.4 Å². The molecular weight excluding hydrogens is 298 g/mol. The first-order chi connectivity index (χ1) is 10.3. The number of non-ortho nitro benzene ring substituents is 1. The lowest BCUT2D eigenvalue weighted by Gasteiger charge is -2.36. The van der Waals surface area contributed by atoms with Crippen LogP contribution in [0.15, 0.2) is 18.2 Å². The fraction of sp³-hybridized carbons (Fsp3) is 0.500. The van der Waals surface area contributed by atoms with E-state index in [1.165, 1.54) is 18.2 Å². The Balaban J connectivity index is 2.09. The molecule has 1 aliphatic carbocycles. The van der Waals surface area contributed by atoms with Crippen LogP contribution in [0.4, 0.5) is 20.2 Å². The molecule has 1 fully saturated rings. The standard InChI is InChI=1S/C14H16F2N2O4/c15-14(16)7-10(8-14)17-12-5-4-11(18(21)22)6-9(12)2-1-3-13(19)20/h4-6,10,17H,1-3,7-8H2,(H,19,20). The number of carbonyl (C=O) groups is 1. The molecule has 0 radical (unpaired) electrons. The molecule has 0 aromatic heterocycles. The van der Waals surface area contributed by atoms with Crippen LogP contribution in [0.5, 0.6) is 0 Å². The Morgan fingerprint density at radius 1 is 1.45 bits per heavy atom. The van der Waals surface area contributed by atoms with E-state index in [1.807, 2.05) is 0 Å². The van der Waals surface area contributed by atoms with E-state index in [-0.39, 0.29) is 31.0 Å². The van der Waals surface area contributed by atoms with Crippen LogP contribution in [-0.4, -0.2) is 28.0 Å². The Morgan fingerprint density at radius 2 is 2.14 bits per heavy atom. The molecule has 1 saturated carbocycles. The van der Waals surface area contributed by atoms with E-state index in [0.29, 0.717) is 24.1 Å². The number of aryl methyl sites for hydroxylation is 1. The second kappa shape index (κ2) is 6.25. The number of hydrogen-bond acceptors (Lipinski definition) is 4. The van der Waals surface area contributed by atoms with Crippen LogP contribution >= 0.6 is 0 Å². The minimum atomic E-state index is -2.65. The monoisotopic (exact) mass is 314 g/mol. The van der Waals surface area contributed by atoms with Crippen LogP contribution < -0.4 is 5.32 Å². The maximum Gasteiger partial charge on any atom is 0.303 e. The summed E-state index contributed by atoms with van der Waals surface area (Å²) in [4.78, 5) is 20.8. The molecular formula is C14H16F2N2O4. The number of nitrogens with zero attached hydrogens (tertiary/aromatic N) is 1. The molecule has 0 amide bonds. The number of rotatable bonds is 7. The van der Waals surface area contributed by atoms with E-state index in [4.69, 9.17) is 5.11 Å². The quantitative estimate of drug-likeness (QED) is 0.595. The summed E-state index contributed by atoms with van der Waals surface area (Å²) in [5.74, 6) is -3.60. The van der Waals surface area contributed by atoms with Crippen molar-refractivity contribution in [3.8, 4) is 0 Å². The topological polar surface area (TPSA) is 92.5 Å². The molecule has 2 rings (SSSR count). The third-order valence-electron chi connectivity index (χ3n) is 3.59. The summed E-state index contributed by atoms with van der Waals surface area (Å²) >= 11 is 0. The van der Waals surface area contributed by atoms with E-state index in [9.17, 15) is 23.7 Å². The van der Waals surface area contributed by atoms with Crippen LogP contribution in [0.25, 0.3) is 0 Å². The number of alkyl halides is 2. The maximum atomic E-state index is 12.9. The second-order valence-corrected chi connectivity index (χ2v) is 5.45. The van der Waals surface area contributed by atoms with Crippen LogP contribution in [0.3, 0.4) is 0 Å². The van der Waals surface area contributed by atoms with Gasteiger partial charge in [0.1, 0.15) is 0 Å². The number of nitrogens with one attached hydrogen (secondary N) is 1. The van der Waals surface area contributed by atoms with Gasteiger partial charge in [0, 0.05) is 43.1 Å². The van der Waals surface area contributed by atoms with Crippen LogP contribution in [0.2, 0.25) is 0 Å². The second-order valence-electron chi connectivity index (χ2n) is 5.45. The average Bonchev–Trinajstić information content (AvgIpc) is 2.37. The summed E-state index contributed by atoms with van der Waals surface area (Å²) in [6, 6.07) is 3.79. The van der Waals surface area contributed by atoms with Gasteiger partial charge in [0.2, 0.25) is 0 Å². The van der Waals surface area contributed by atoms with Crippen molar-refractivity contribution >= 4 is 17.3 Å². The summed E-state index contributed by atoms with van der Waals surface area (Å²) < 4.78 is 25.7. The van der Waals surface area contributed by atoms with Gasteiger partial charge in [0.05, 0.1) is 4.92 Å². The van der Waals surface area contributed by atoms with Gasteiger partial charge in [-0.25, -0.2) is 8.78 Å². The molecule has 0 unspecified atom stereocenters. The molecule has 1 aromatic rings. The van der Waals surface area contributed by atoms with Crippen molar-refractivity contribution < 1.29 is 23.6 Å². The number of aliphatic carboxylic acids is 1. The first-order valence-corrected chi connectivity index (χ1v) is 6.90. The normalized spacial score (nSPS) is 16.8. The largest absolute Gasteiger partial charge is 0.481 e. The first kappa shape index (κ1) is 16.1. The lowest BCUT2D eigenvalue weighted by Crippen LogP contribution is -2.44. The van der Waals surface area contributed by atoms with Gasteiger partial charge in [0.25, 0.3) is 11.6 Å². The Morgan fingerprint density at radius 3 is 2.68 bits per heavy atom. The van der Waals surface area contributed by atoms with Crippen molar-refractivity contribution in [3.05, 3.63) is 33.9 Å². The average molecular weight is 314 g/mol. The fourth-order valence-electron chi connectivity index (χ4n) is 2.45. The highest BCUT2D eigenvalue weighted by Gasteiger charge is 2.45. The SMILES string of the molecule is O=C(O)CCCc1cc([N+](=O)[O-])ccc1NC1CC(F)(F)C1. The highest BCUT2D eigenvalue weighted by atomic mass is 19.3. The Labute approximate surface area is 125 Å². The van der Waals surface area contributed by atoms with Gasteiger partial charge in [-0.2, -0.15) is 0 Å². The lowest BCUT2D eigenvalue weighted by molar-refractivity contribution is -0.384. The van der Waals surface area contributed by atoms with Crippen LogP contribution in [-0.2, 0) is 11.2 Å². The van der Waals surface area contributed by atoms with Crippen LogP contribution in [0, 0.1) is 10.1 Å². The van der Waals surface area contributed by atoms with Gasteiger partial charge in [-0.05, 0) is 24.5 Å². The van der Waals surface area contributed by atoms with E-state index < -0.39 is 16.8 Å². The van der Waals surface area contributed by atoms with E-state index in [1.54, 1.807) is 0 Å². The number of halogens is 2. The number of nitro benzene ring substituents is 1. The highest BCUT2D eigenvalue weighted by Crippen LogP contribution is 2.39. The number of benzene rings is 1. The number of anilines is 1. The third-order valence-corrected chi connectivity index (χ3v) is 3.59. The predicted octanol–water partition coefficient (Wildman–Crippen LogP) is 3.21. The molecule has 0 atom stereocenters. The Hall–Kier alpha value is -2.25. The summed E-state index contributed by atoms with van der Waals surface area (Å²) in [6.07, 6.45) is 0.0756. The molecule has 22 heavy (non-hydrogen) atoms. The van der Waals surface area contributed by atoms with E-state index in [2.05, 4.69) is 5.32 Å². The molecule has 120 valence electrons. The lowest BCUT2D eigenvalue weighted by atomic mass is 9.87. The molecule has 8 heteroatoms. The van der Waals surface area contributed by atoms with Crippen molar-refractivity contribution in [2.24, 2.45) is 0 Å². The zero-order chi connectivity index (χ0) is 16.3. The minimum Gasteiger partial charge on any atom is -0.481 e. The number of carboxylic acids is 1. The van der Waals surface area contributed by atoms with Crippen molar-refractivity contribution in [2.45, 2.75) is 44.1 Å². The zero-order valence-electron chi connectivity index (χ0n) is 11.7. The number of hydrogen-bond donors (Lipinski definition) is 2. The zero-order valence-corrected chi connectivity index (χ0v) is 11.7. The maximum absolute atomic E-state index is 12.9. The Kier molecular flexibility index (Phi) is 4.58. The smallest absolute Gasteiger partial charge is 0.303 e. The fourth-order valence-corrected chi connectivity index (χ4v) is 2.45. The van der Waals surface area contributed by atoms with Gasteiger partial charge in [-0.15, -0.1) is 0 Å². The van der Waals surface area contributed by atoms with Gasteiger partial charge in [0.15, 0.2) is 0 Å². The Bertz CT molecular complexity index is 584. The summed E-state index contributed by atoms with van der Waals surface area (Å²) in [5.41, 5.74) is 1.02. The molecule has 0 heterocycles. The van der Waals surface area contributed by atoms with Crippen molar-refractivity contribution in [1.29, 1.82) is 0 Å². The van der Waals surface area contributed by atoms with Crippen molar-refractivity contribution in [1.82, 2.24) is 0 Å². The molecule has 0 aliphatic heterocycles. The van der Waals surface area contributed by atoms with Crippen molar-refractivity contribution in [2.75, 3.05) is 5.32 Å². The van der Waals surface area contributed by atoms with E-state index in [0.717, 1.165) is 0 Å². The summed E-state index contributed by atoms with van der Waals surface area (Å²) in [7, 11) is 0. The van der Waals surface area contributed by atoms with Crippen molar-refractivity contribution in [3.63, 3.8) is 0 Å². The molecule has 6 nitrogen and oxygen atoms in total. The molecule has 1 aliphatic rings. The molecule has 1 aromatic carbocycles. The predicted molar refractivity (Wildman–Crippen MR) is 75.3 cm³/mol. The van der Waals surface area contributed by atoms with E-state index >= 15 is 0 Å². The number of nitro groups is 1. The minimum absolute atomic E-state index is 0.0520. The highest BCUT2D eigenvalue weighted by molar-refractivity contribution is 5.66. The van der Waals surface area contributed by atoms with Gasteiger partial charge >= 0.3 is 5.97 Å². The molecule has 0 spiro atoms. The molecule has 0 saturated heterocycles.